The highest BCUT2D eigenvalue weighted by Crippen LogP contribution is 2.43. The quantitative estimate of drug-likeness (QED) is 0.633. The van der Waals surface area contributed by atoms with E-state index in [4.69, 9.17) is 0 Å². The van der Waals surface area contributed by atoms with Gasteiger partial charge >= 0.3 is 0 Å². The molecule has 1 N–H and O–H groups in total. The monoisotopic (exact) mass is 167 g/mol. The summed E-state index contributed by atoms with van der Waals surface area (Å²) in [4.78, 5) is 0. The van der Waals surface area contributed by atoms with Crippen molar-refractivity contribution >= 4 is 0 Å². The van der Waals surface area contributed by atoms with Gasteiger partial charge in [0.1, 0.15) is 0 Å². The third kappa shape index (κ3) is 1.66. The van der Waals surface area contributed by atoms with E-state index in [1.165, 1.54) is 38.6 Å². The summed E-state index contributed by atoms with van der Waals surface area (Å²) in [5.74, 6) is 0.988. The Hall–Kier alpha value is -0.0400. The standard InChI is InChI=1S/C11H21N/c1-11(2)6-5-9(8-11)10-4-3-7-12-10/h9-10,12H,3-8H2,1-2H3. The van der Waals surface area contributed by atoms with Crippen LogP contribution in [-0.2, 0) is 0 Å². The van der Waals surface area contributed by atoms with Gasteiger partial charge in [0.05, 0.1) is 0 Å². The van der Waals surface area contributed by atoms with E-state index in [9.17, 15) is 0 Å². The zero-order chi connectivity index (χ0) is 8.60. The predicted molar refractivity (Wildman–Crippen MR) is 52.1 cm³/mol. The van der Waals surface area contributed by atoms with Crippen molar-refractivity contribution in [1.29, 1.82) is 0 Å². The van der Waals surface area contributed by atoms with Gasteiger partial charge in [0, 0.05) is 6.04 Å². The highest BCUT2D eigenvalue weighted by molar-refractivity contribution is 4.90. The lowest BCUT2D eigenvalue weighted by molar-refractivity contribution is 0.327. The van der Waals surface area contributed by atoms with Gasteiger partial charge in [-0.2, -0.15) is 0 Å². The van der Waals surface area contributed by atoms with E-state index >= 15 is 0 Å². The van der Waals surface area contributed by atoms with Crippen molar-refractivity contribution in [2.75, 3.05) is 6.54 Å². The summed E-state index contributed by atoms with van der Waals surface area (Å²) in [5.41, 5.74) is 0.634. The molecule has 1 heterocycles. The summed E-state index contributed by atoms with van der Waals surface area (Å²) in [5, 5.41) is 3.64. The van der Waals surface area contributed by atoms with Crippen LogP contribution in [0.3, 0.4) is 0 Å². The average molecular weight is 167 g/mol. The van der Waals surface area contributed by atoms with E-state index in [-0.39, 0.29) is 0 Å². The Morgan fingerprint density at radius 1 is 1.25 bits per heavy atom. The first kappa shape index (κ1) is 8.55. The molecule has 0 radical (unpaired) electrons. The molecule has 0 bridgehead atoms. The molecule has 1 aliphatic heterocycles. The zero-order valence-electron chi connectivity index (χ0n) is 8.40. The second kappa shape index (κ2) is 3.02. The van der Waals surface area contributed by atoms with E-state index in [0.29, 0.717) is 5.41 Å². The Bertz CT molecular complexity index is 156. The molecule has 1 saturated carbocycles. The summed E-state index contributed by atoms with van der Waals surface area (Å²) >= 11 is 0. The second-order valence-corrected chi connectivity index (χ2v) is 5.37. The molecule has 1 saturated heterocycles. The first-order valence-corrected chi connectivity index (χ1v) is 5.41. The first-order valence-electron chi connectivity index (χ1n) is 5.41. The lowest BCUT2D eigenvalue weighted by Gasteiger charge is -2.21. The molecule has 2 rings (SSSR count). The molecule has 0 amide bonds. The molecule has 0 aromatic heterocycles. The van der Waals surface area contributed by atoms with Crippen LogP contribution in [-0.4, -0.2) is 12.6 Å². The highest BCUT2D eigenvalue weighted by atomic mass is 14.9. The van der Waals surface area contributed by atoms with Crippen molar-refractivity contribution in [2.45, 2.75) is 52.0 Å². The molecule has 70 valence electrons. The highest BCUT2D eigenvalue weighted by Gasteiger charge is 2.36. The minimum Gasteiger partial charge on any atom is -0.314 e. The molecule has 1 nitrogen and oxygen atoms in total. The van der Waals surface area contributed by atoms with Crippen LogP contribution >= 0.6 is 0 Å². The molecule has 2 atom stereocenters. The molecule has 0 aromatic carbocycles. The van der Waals surface area contributed by atoms with Crippen molar-refractivity contribution < 1.29 is 0 Å². The summed E-state index contributed by atoms with van der Waals surface area (Å²) in [6.45, 7) is 6.10. The van der Waals surface area contributed by atoms with Gasteiger partial charge in [-0.3, -0.25) is 0 Å². The van der Waals surface area contributed by atoms with Gasteiger partial charge in [0.25, 0.3) is 0 Å². The summed E-state index contributed by atoms with van der Waals surface area (Å²) in [7, 11) is 0. The van der Waals surface area contributed by atoms with E-state index < -0.39 is 0 Å². The fraction of sp³-hybridized carbons (Fsp3) is 1.00. The molecule has 0 aromatic rings. The maximum Gasteiger partial charge on any atom is 0.00960 e. The lowest BCUT2D eigenvalue weighted by Crippen LogP contribution is -2.29. The molecule has 2 unspecified atom stereocenters. The molecule has 1 heteroatoms. The molecule has 2 aliphatic rings. The summed E-state index contributed by atoms with van der Waals surface area (Å²) < 4.78 is 0. The molecule has 12 heavy (non-hydrogen) atoms. The van der Waals surface area contributed by atoms with E-state index in [2.05, 4.69) is 19.2 Å². The van der Waals surface area contributed by atoms with Gasteiger partial charge in [-0.05, 0) is 50.0 Å². The molecule has 1 aliphatic carbocycles. The van der Waals surface area contributed by atoms with E-state index in [0.717, 1.165) is 12.0 Å². The van der Waals surface area contributed by atoms with Gasteiger partial charge in [0.15, 0.2) is 0 Å². The van der Waals surface area contributed by atoms with Crippen molar-refractivity contribution in [3.05, 3.63) is 0 Å². The van der Waals surface area contributed by atoms with Crippen LogP contribution in [0, 0.1) is 11.3 Å². The molecule has 2 fully saturated rings. The molecular weight excluding hydrogens is 146 g/mol. The van der Waals surface area contributed by atoms with Crippen LogP contribution in [0.2, 0.25) is 0 Å². The number of hydrogen-bond donors (Lipinski definition) is 1. The number of rotatable bonds is 1. The predicted octanol–water partition coefficient (Wildman–Crippen LogP) is 2.56. The van der Waals surface area contributed by atoms with E-state index in [1.54, 1.807) is 0 Å². The van der Waals surface area contributed by atoms with Crippen molar-refractivity contribution in [3.8, 4) is 0 Å². The Kier molecular flexibility index (Phi) is 2.16. The number of hydrogen-bond acceptors (Lipinski definition) is 1. The maximum absolute atomic E-state index is 3.64. The molecule has 0 spiro atoms. The fourth-order valence-electron chi connectivity index (χ4n) is 2.95. The van der Waals surface area contributed by atoms with E-state index in [1.807, 2.05) is 0 Å². The van der Waals surface area contributed by atoms with Crippen molar-refractivity contribution in [1.82, 2.24) is 5.32 Å². The summed E-state index contributed by atoms with van der Waals surface area (Å²) in [6.07, 6.45) is 7.19. The topological polar surface area (TPSA) is 12.0 Å². The first-order chi connectivity index (χ1) is 5.67. The SMILES string of the molecule is CC1(C)CCC(C2CCCN2)C1. The Labute approximate surface area is 75.9 Å². The zero-order valence-corrected chi connectivity index (χ0v) is 8.40. The van der Waals surface area contributed by atoms with Gasteiger partial charge in [-0.1, -0.05) is 13.8 Å². The smallest absolute Gasteiger partial charge is 0.00960 e. The number of nitrogens with one attached hydrogen (secondary N) is 1. The van der Waals surface area contributed by atoms with Gasteiger partial charge in [-0.25, -0.2) is 0 Å². The van der Waals surface area contributed by atoms with Crippen LogP contribution in [0.25, 0.3) is 0 Å². The van der Waals surface area contributed by atoms with Crippen LogP contribution < -0.4 is 5.32 Å². The minimum absolute atomic E-state index is 0.634. The van der Waals surface area contributed by atoms with Crippen LogP contribution in [0.5, 0.6) is 0 Å². The van der Waals surface area contributed by atoms with Gasteiger partial charge < -0.3 is 5.32 Å². The van der Waals surface area contributed by atoms with Crippen LogP contribution in [0.1, 0.15) is 46.0 Å². The average Bonchev–Trinajstić information content (AvgIpc) is 2.55. The van der Waals surface area contributed by atoms with Crippen molar-refractivity contribution in [3.63, 3.8) is 0 Å². The third-order valence-electron chi connectivity index (χ3n) is 3.67. The van der Waals surface area contributed by atoms with Crippen molar-refractivity contribution in [2.24, 2.45) is 11.3 Å². The third-order valence-corrected chi connectivity index (χ3v) is 3.67. The maximum atomic E-state index is 3.64. The summed E-state index contributed by atoms with van der Waals surface area (Å²) in [6, 6.07) is 0.867. The second-order valence-electron chi connectivity index (χ2n) is 5.37. The van der Waals surface area contributed by atoms with Crippen LogP contribution in [0.4, 0.5) is 0 Å². The molecular formula is C11H21N. The fourth-order valence-corrected chi connectivity index (χ4v) is 2.95. The lowest BCUT2D eigenvalue weighted by atomic mass is 9.88. The van der Waals surface area contributed by atoms with Gasteiger partial charge in [0.2, 0.25) is 0 Å². The van der Waals surface area contributed by atoms with Gasteiger partial charge in [-0.15, -0.1) is 0 Å². The van der Waals surface area contributed by atoms with Crippen LogP contribution in [0.15, 0.2) is 0 Å². The Morgan fingerprint density at radius 3 is 2.58 bits per heavy atom. The normalized spacial score (nSPS) is 40.5. The largest absolute Gasteiger partial charge is 0.314 e. The Morgan fingerprint density at radius 2 is 2.08 bits per heavy atom. The minimum atomic E-state index is 0.634. The Balaban J connectivity index is 1.90.